The first-order valence-corrected chi connectivity index (χ1v) is 9.88. The summed E-state index contributed by atoms with van der Waals surface area (Å²) in [5.41, 5.74) is 10.1. The third kappa shape index (κ3) is 3.76. The summed E-state index contributed by atoms with van der Waals surface area (Å²) in [6.45, 7) is 6.65. The van der Waals surface area contributed by atoms with Crippen LogP contribution >= 0.6 is 11.3 Å². The third-order valence-corrected chi connectivity index (χ3v) is 6.53. The standard InChI is InChI=1S/C20H26N2O3S/c1-11-13(3)26-19(16(11)10-21)17-7-8-18(12(2)22-17)25-15-6-4-5-14(9-15)20(23)24/h7-8,14-15H,4-6,9-10,21H2,1-3H3,(H,23,24)/t14-,15-/m0/s1. The predicted molar refractivity (Wildman–Crippen MR) is 104 cm³/mol. The molecule has 2 aromatic rings. The van der Waals surface area contributed by atoms with Gasteiger partial charge in [0.15, 0.2) is 0 Å². The summed E-state index contributed by atoms with van der Waals surface area (Å²) >= 11 is 1.72. The van der Waals surface area contributed by atoms with Gasteiger partial charge < -0.3 is 15.6 Å². The van der Waals surface area contributed by atoms with E-state index >= 15 is 0 Å². The normalized spacial score (nSPS) is 20.2. The van der Waals surface area contributed by atoms with Crippen LogP contribution in [0.3, 0.4) is 0 Å². The van der Waals surface area contributed by atoms with Crippen LogP contribution < -0.4 is 10.5 Å². The van der Waals surface area contributed by atoms with Crippen LogP contribution in [0.25, 0.3) is 10.6 Å². The number of aryl methyl sites for hydroxylation is 2. The third-order valence-electron chi connectivity index (χ3n) is 5.25. The van der Waals surface area contributed by atoms with Crippen LogP contribution in [0, 0.1) is 26.7 Å². The smallest absolute Gasteiger partial charge is 0.306 e. The van der Waals surface area contributed by atoms with Gasteiger partial charge in [0.25, 0.3) is 0 Å². The van der Waals surface area contributed by atoms with Crippen molar-refractivity contribution in [1.82, 2.24) is 4.98 Å². The molecule has 0 aliphatic heterocycles. The van der Waals surface area contributed by atoms with E-state index in [0.29, 0.717) is 13.0 Å². The molecule has 0 saturated heterocycles. The summed E-state index contributed by atoms with van der Waals surface area (Å²) in [5.74, 6) is -0.282. The van der Waals surface area contributed by atoms with Crippen molar-refractivity contribution in [3.8, 4) is 16.3 Å². The summed E-state index contributed by atoms with van der Waals surface area (Å²) in [6, 6.07) is 3.93. The topological polar surface area (TPSA) is 85.4 Å². The molecule has 2 atom stereocenters. The summed E-state index contributed by atoms with van der Waals surface area (Å²) in [6.07, 6.45) is 3.04. The second-order valence-corrected chi connectivity index (χ2v) is 8.24. The SMILES string of the molecule is Cc1nc(-c2sc(C)c(C)c2CN)ccc1O[C@H]1CCC[C@H](C(=O)O)C1. The Morgan fingerprint density at radius 3 is 2.77 bits per heavy atom. The Morgan fingerprint density at radius 2 is 2.12 bits per heavy atom. The predicted octanol–water partition coefficient (Wildman–Crippen LogP) is 4.22. The minimum Gasteiger partial charge on any atom is -0.489 e. The summed E-state index contributed by atoms with van der Waals surface area (Å²) < 4.78 is 6.10. The molecule has 0 unspecified atom stereocenters. The molecule has 6 heteroatoms. The van der Waals surface area contributed by atoms with E-state index in [1.807, 2.05) is 19.1 Å². The number of aliphatic carboxylic acids is 1. The number of carboxylic acids is 1. The molecule has 0 aromatic carbocycles. The van der Waals surface area contributed by atoms with E-state index in [9.17, 15) is 9.90 Å². The highest BCUT2D eigenvalue weighted by Crippen LogP contribution is 2.36. The second-order valence-electron chi connectivity index (χ2n) is 7.02. The van der Waals surface area contributed by atoms with Gasteiger partial charge in [0.2, 0.25) is 0 Å². The van der Waals surface area contributed by atoms with Crippen LogP contribution in [-0.2, 0) is 11.3 Å². The molecule has 1 fully saturated rings. The fourth-order valence-corrected chi connectivity index (χ4v) is 4.74. The first-order chi connectivity index (χ1) is 12.4. The van der Waals surface area contributed by atoms with E-state index in [1.54, 1.807) is 11.3 Å². The molecule has 0 amide bonds. The highest BCUT2D eigenvalue weighted by molar-refractivity contribution is 7.15. The molecule has 0 spiro atoms. The fourth-order valence-electron chi connectivity index (χ4n) is 3.58. The Labute approximate surface area is 158 Å². The fraction of sp³-hybridized carbons (Fsp3) is 0.500. The summed E-state index contributed by atoms with van der Waals surface area (Å²) in [7, 11) is 0. The van der Waals surface area contributed by atoms with E-state index in [0.717, 1.165) is 46.8 Å². The van der Waals surface area contributed by atoms with Crippen molar-refractivity contribution in [2.75, 3.05) is 0 Å². The van der Waals surface area contributed by atoms with Crippen LogP contribution in [-0.4, -0.2) is 22.2 Å². The van der Waals surface area contributed by atoms with E-state index < -0.39 is 5.97 Å². The molecule has 0 bridgehead atoms. The molecule has 1 saturated carbocycles. The van der Waals surface area contributed by atoms with Gasteiger partial charge in [-0.25, -0.2) is 4.98 Å². The molecule has 26 heavy (non-hydrogen) atoms. The molecule has 3 rings (SSSR count). The largest absolute Gasteiger partial charge is 0.489 e. The number of pyridine rings is 1. The van der Waals surface area contributed by atoms with Crippen LogP contribution in [0.15, 0.2) is 12.1 Å². The summed E-state index contributed by atoms with van der Waals surface area (Å²) in [5, 5.41) is 9.24. The van der Waals surface area contributed by atoms with Gasteiger partial charge >= 0.3 is 5.97 Å². The zero-order chi connectivity index (χ0) is 18.8. The zero-order valence-corrected chi connectivity index (χ0v) is 16.4. The molecular weight excluding hydrogens is 348 g/mol. The molecule has 2 heterocycles. The maximum Gasteiger partial charge on any atom is 0.306 e. The maximum atomic E-state index is 11.2. The van der Waals surface area contributed by atoms with Gasteiger partial charge in [-0.05, 0) is 69.7 Å². The van der Waals surface area contributed by atoms with Crippen molar-refractivity contribution in [2.24, 2.45) is 11.7 Å². The van der Waals surface area contributed by atoms with Crippen molar-refractivity contribution in [3.63, 3.8) is 0 Å². The number of hydrogen-bond donors (Lipinski definition) is 2. The first kappa shape index (κ1) is 18.9. The van der Waals surface area contributed by atoms with Crippen LogP contribution in [0.5, 0.6) is 5.75 Å². The van der Waals surface area contributed by atoms with Gasteiger partial charge in [0.05, 0.1) is 28.3 Å². The van der Waals surface area contributed by atoms with Crippen molar-refractivity contribution in [2.45, 2.75) is 59.1 Å². The lowest BCUT2D eigenvalue weighted by atomic mass is 9.87. The number of thiophene rings is 1. The summed E-state index contributed by atoms with van der Waals surface area (Å²) in [4.78, 5) is 18.4. The molecule has 5 nitrogen and oxygen atoms in total. The van der Waals surface area contributed by atoms with E-state index in [2.05, 4.69) is 13.8 Å². The molecule has 1 aliphatic rings. The van der Waals surface area contributed by atoms with E-state index in [-0.39, 0.29) is 12.0 Å². The highest BCUT2D eigenvalue weighted by atomic mass is 32.1. The Kier molecular flexibility index (Phi) is 5.63. The van der Waals surface area contributed by atoms with Gasteiger partial charge in [-0.1, -0.05) is 0 Å². The Balaban J connectivity index is 1.80. The molecular formula is C20H26N2O3S. The van der Waals surface area contributed by atoms with Crippen molar-refractivity contribution in [3.05, 3.63) is 33.8 Å². The lowest BCUT2D eigenvalue weighted by molar-refractivity contribution is -0.143. The van der Waals surface area contributed by atoms with Crippen molar-refractivity contribution >= 4 is 17.3 Å². The van der Waals surface area contributed by atoms with E-state index in [4.69, 9.17) is 15.5 Å². The van der Waals surface area contributed by atoms with Gasteiger partial charge in [0, 0.05) is 11.4 Å². The minimum absolute atomic E-state index is 0.0537. The molecule has 140 valence electrons. The molecule has 3 N–H and O–H groups in total. The molecule has 2 aromatic heterocycles. The number of ether oxygens (including phenoxy) is 1. The Morgan fingerprint density at radius 1 is 1.35 bits per heavy atom. The quantitative estimate of drug-likeness (QED) is 0.818. The van der Waals surface area contributed by atoms with Crippen LogP contribution in [0.2, 0.25) is 0 Å². The maximum absolute atomic E-state index is 11.2. The monoisotopic (exact) mass is 374 g/mol. The number of carbonyl (C=O) groups is 1. The van der Waals surface area contributed by atoms with Crippen LogP contribution in [0.4, 0.5) is 0 Å². The van der Waals surface area contributed by atoms with Gasteiger partial charge in [-0.2, -0.15) is 0 Å². The number of hydrogen-bond acceptors (Lipinski definition) is 5. The van der Waals surface area contributed by atoms with E-state index in [1.165, 1.54) is 10.4 Å². The number of carboxylic acid groups (broad SMARTS) is 1. The lowest BCUT2D eigenvalue weighted by Crippen LogP contribution is -2.29. The number of rotatable bonds is 5. The van der Waals surface area contributed by atoms with Crippen molar-refractivity contribution in [1.29, 1.82) is 0 Å². The average Bonchev–Trinajstić information content (AvgIpc) is 2.91. The van der Waals surface area contributed by atoms with Gasteiger partial charge in [-0.3, -0.25) is 4.79 Å². The Hall–Kier alpha value is -1.92. The molecule has 0 radical (unpaired) electrons. The van der Waals surface area contributed by atoms with Gasteiger partial charge in [-0.15, -0.1) is 11.3 Å². The molecule has 1 aliphatic carbocycles. The Bertz CT molecular complexity index is 816. The number of nitrogens with two attached hydrogens (primary N) is 1. The highest BCUT2D eigenvalue weighted by Gasteiger charge is 2.28. The second kappa shape index (κ2) is 7.76. The number of nitrogens with zero attached hydrogens (tertiary/aromatic N) is 1. The average molecular weight is 375 g/mol. The minimum atomic E-state index is -0.721. The van der Waals surface area contributed by atoms with Crippen LogP contribution in [0.1, 0.15) is 47.4 Å². The van der Waals surface area contributed by atoms with Crippen molar-refractivity contribution < 1.29 is 14.6 Å². The zero-order valence-electron chi connectivity index (χ0n) is 15.5. The first-order valence-electron chi connectivity index (χ1n) is 9.07. The lowest BCUT2D eigenvalue weighted by Gasteiger charge is -2.27. The number of aromatic nitrogens is 1. The van der Waals surface area contributed by atoms with Gasteiger partial charge in [0.1, 0.15) is 5.75 Å².